The van der Waals surface area contributed by atoms with Crippen LogP contribution in [-0.4, -0.2) is 15.2 Å². The Labute approximate surface area is 53.1 Å². The van der Waals surface area contributed by atoms with Gasteiger partial charge in [-0.25, -0.2) is 4.98 Å². The molecule has 9 heavy (non-hydrogen) atoms. The molecule has 1 rings (SSSR count). The third kappa shape index (κ3) is 1.43. The number of nitrogens with two attached hydrogens (primary N) is 1. The van der Waals surface area contributed by atoms with E-state index in [2.05, 4.69) is 15.2 Å². The Morgan fingerprint density at radius 3 is 2.78 bits per heavy atom. The molecule has 0 aliphatic carbocycles. The van der Waals surface area contributed by atoms with Crippen LogP contribution in [0.5, 0.6) is 0 Å². The zero-order chi connectivity index (χ0) is 6.69. The average molecular weight is 124 g/mol. The molecule has 0 spiro atoms. The van der Waals surface area contributed by atoms with Crippen molar-refractivity contribution < 1.29 is 0 Å². The monoisotopic (exact) mass is 124 g/mol. The lowest BCUT2D eigenvalue weighted by Crippen LogP contribution is -2.04. The summed E-state index contributed by atoms with van der Waals surface area (Å²) in [6.07, 6.45) is 1.65. The third-order valence-electron chi connectivity index (χ3n) is 0.906. The van der Waals surface area contributed by atoms with Crippen LogP contribution in [0.15, 0.2) is 6.20 Å². The molecule has 0 aliphatic rings. The third-order valence-corrected chi connectivity index (χ3v) is 0.906. The molecule has 1 aromatic rings. The molecule has 0 atom stereocenters. The lowest BCUT2D eigenvalue weighted by Gasteiger charge is -1.91. The molecule has 0 saturated carbocycles. The van der Waals surface area contributed by atoms with E-state index in [-0.39, 0.29) is 0 Å². The van der Waals surface area contributed by atoms with Crippen LogP contribution in [0.1, 0.15) is 11.5 Å². The smallest absolute Gasteiger partial charge is 0.164 e. The maximum Gasteiger partial charge on any atom is 0.164 e. The Hall–Kier alpha value is -1.03. The van der Waals surface area contributed by atoms with Crippen LogP contribution in [0.3, 0.4) is 0 Å². The zero-order valence-corrected chi connectivity index (χ0v) is 5.20. The van der Waals surface area contributed by atoms with Gasteiger partial charge in [-0.05, 0) is 6.92 Å². The molecule has 0 aromatic carbocycles. The van der Waals surface area contributed by atoms with E-state index in [1.54, 1.807) is 6.20 Å². The van der Waals surface area contributed by atoms with Gasteiger partial charge in [0, 0.05) is 0 Å². The van der Waals surface area contributed by atoms with Gasteiger partial charge in [0.15, 0.2) is 5.82 Å². The quantitative estimate of drug-likeness (QED) is 0.555. The van der Waals surface area contributed by atoms with Gasteiger partial charge < -0.3 is 5.73 Å². The first kappa shape index (κ1) is 6.10. The van der Waals surface area contributed by atoms with E-state index in [0.717, 1.165) is 5.69 Å². The minimum atomic E-state index is 0.354. The second kappa shape index (κ2) is 2.50. The number of hydrogen-bond acceptors (Lipinski definition) is 4. The zero-order valence-electron chi connectivity index (χ0n) is 5.20. The summed E-state index contributed by atoms with van der Waals surface area (Å²) in [7, 11) is 0. The van der Waals surface area contributed by atoms with E-state index < -0.39 is 0 Å². The topological polar surface area (TPSA) is 64.7 Å². The molecule has 4 nitrogen and oxygen atoms in total. The normalized spacial score (nSPS) is 9.56. The Bertz CT molecular complexity index is 181. The Balaban J connectivity index is 2.88. The van der Waals surface area contributed by atoms with E-state index >= 15 is 0 Å². The molecular weight excluding hydrogens is 116 g/mol. The van der Waals surface area contributed by atoms with Gasteiger partial charge >= 0.3 is 0 Å². The number of aryl methyl sites for hydroxylation is 1. The lowest BCUT2D eigenvalue weighted by molar-refractivity contribution is 0.811. The molecule has 0 bridgehead atoms. The van der Waals surface area contributed by atoms with E-state index in [4.69, 9.17) is 5.73 Å². The Morgan fingerprint density at radius 2 is 2.33 bits per heavy atom. The molecule has 0 amide bonds. The van der Waals surface area contributed by atoms with Crippen molar-refractivity contribution in [2.45, 2.75) is 13.5 Å². The summed E-state index contributed by atoms with van der Waals surface area (Å²) in [6.45, 7) is 2.19. The standard InChI is InChI=1S/C5H8N4/c1-4-3-7-5(2-6)9-8-4/h3H,2,6H2,1H3. The number of rotatable bonds is 1. The molecule has 0 fully saturated rings. The van der Waals surface area contributed by atoms with Crippen molar-refractivity contribution in [2.75, 3.05) is 0 Å². The van der Waals surface area contributed by atoms with Crippen molar-refractivity contribution in [1.29, 1.82) is 0 Å². The summed E-state index contributed by atoms with van der Waals surface area (Å²) in [5.41, 5.74) is 6.05. The fraction of sp³-hybridized carbons (Fsp3) is 0.400. The van der Waals surface area contributed by atoms with Crippen LogP contribution >= 0.6 is 0 Å². The van der Waals surface area contributed by atoms with Crippen LogP contribution in [-0.2, 0) is 6.54 Å². The SMILES string of the molecule is Cc1cnc(CN)nn1. The predicted molar refractivity (Wildman–Crippen MR) is 32.5 cm³/mol. The average Bonchev–Trinajstić information content (AvgIpc) is 1.90. The van der Waals surface area contributed by atoms with Crippen LogP contribution in [0.2, 0.25) is 0 Å². The number of hydrogen-bond donors (Lipinski definition) is 1. The molecule has 0 saturated heterocycles. The van der Waals surface area contributed by atoms with Crippen molar-refractivity contribution in [3.8, 4) is 0 Å². The van der Waals surface area contributed by atoms with E-state index in [0.29, 0.717) is 12.4 Å². The summed E-state index contributed by atoms with van der Waals surface area (Å²) in [4.78, 5) is 3.90. The van der Waals surface area contributed by atoms with Crippen LogP contribution < -0.4 is 5.73 Å². The number of nitrogens with zero attached hydrogens (tertiary/aromatic N) is 3. The fourth-order valence-corrected chi connectivity index (χ4v) is 0.450. The summed E-state index contributed by atoms with van der Waals surface area (Å²) >= 11 is 0. The lowest BCUT2D eigenvalue weighted by atomic mass is 10.5. The highest BCUT2D eigenvalue weighted by Crippen LogP contribution is 1.85. The summed E-state index contributed by atoms with van der Waals surface area (Å²) < 4.78 is 0. The van der Waals surface area contributed by atoms with Crippen LogP contribution in [0.4, 0.5) is 0 Å². The first-order valence-electron chi connectivity index (χ1n) is 2.68. The van der Waals surface area contributed by atoms with Crippen molar-refractivity contribution in [1.82, 2.24) is 15.2 Å². The molecule has 1 heterocycles. The molecule has 0 unspecified atom stereocenters. The van der Waals surface area contributed by atoms with Crippen LogP contribution in [0.25, 0.3) is 0 Å². The van der Waals surface area contributed by atoms with Gasteiger partial charge in [0.2, 0.25) is 0 Å². The van der Waals surface area contributed by atoms with Gasteiger partial charge in [-0.2, -0.15) is 5.10 Å². The van der Waals surface area contributed by atoms with Gasteiger partial charge in [-0.3, -0.25) is 0 Å². The highest BCUT2D eigenvalue weighted by molar-refractivity contribution is 4.89. The first-order chi connectivity index (χ1) is 4.33. The predicted octanol–water partition coefficient (Wildman–Crippen LogP) is -0.361. The maximum absolute atomic E-state index is 5.23. The summed E-state index contributed by atoms with van der Waals surface area (Å²) in [5.74, 6) is 0.584. The Kier molecular flexibility index (Phi) is 1.69. The van der Waals surface area contributed by atoms with Crippen molar-refractivity contribution in [3.63, 3.8) is 0 Å². The van der Waals surface area contributed by atoms with Gasteiger partial charge in [-0.15, -0.1) is 5.10 Å². The highest BCUT2D eigenvalue weighted by atomic mass is 15.2. The second-order valence-corrected chi connectivity index (χ2v) is 1.72. The van der Waals surface area contributed by atoms with Gasteiger partial charge in [0.1, 0.15) is 0 Å². The van der Waals surface area contributed by atoms with Gasteiger partial charge in [0.25, 0.3) is 0 Å². The molecule has 1 aromatic heterocycles. The molecule has 0 radical (unpaired) electrons. The first-order valence-corrected chi connectivity index (χ1v) is 2.68. The largest absolute Gasteiger partial charge is 0.324 e. The molecular formula is C5H8N4. The molecule has 48 valence electrons. The fourth-order valence-electron chi connectivity index (χ4n) is 0.450. The minimum Gasteiger partial charge on any atom is -0.324 e. The number of aromatic nitrogens is 3. The van der Waals surface area contributed by atoms with E-state index in [9.17, 15) is 0 Å². The Morgan fingerprint density at radius 1 is 1.56 bits per heavy atom. The van der Waals surface area contributed by atoms with Gasteiger partial charge in [-0.1, -0.05) is 0 Å². The summed E-state index contributed by atoms with van der Waals surface area (Å²) in [6, 6.07) is 0. The summed E-state index contributed by atoms with van der Waals surface area (Å²) in [5, 5.41) is 7.47. The van der Waals surface area contributed by atoms with Crippen molar-refractivity contribution >= 4 is 0 Å². The highest BCUT2D eigenvalue weighted by Gasteiger charge is 1.89. The maximum atomic E-state index is 5.23. The minimum absolute atomic E-state index is 0.354. The second-order valence-electron chi connectivity index (χ2n) is 1.72. The molecule has 2 N–H and O–H groups in total. The van der Waals surface area contributed by atoms with E-state index in [1.807, 2.05) is 6.92 Å². The van der Waals surface area contributed by atoms with Crippen LogP contribution in [0, 0.1) is 6.92 Å². The van der Waals surface area contributed by atoms with Gasteiger partial charge in [0.05, 0.1) is 18.4 Å². The van der Waals surface area contributed by atoms with Crippen molar-refractivity contribution in [3.05, 3.63) is 17.7 Å². The van der Waals surface area contributed by atoms with E-state index in [1.165, 1.54) is 0 Å². The van der Waals surface area contributed by atoms with Crippen molar-refractivity contribution in [2.24, 2.45) is 5.73 Å². The molecule has 0 aliphatic heterocycles. The molecule has 4 heteroatoms.